The van der Waals surface area contributed by atoms with E-state index in [0.29, 0.717) is 6.42 Å². The van der Waals surface area contributed by atoms with Crippen LogP contribution >= 0.6 is 0 Å². The van der Waals surface area contributed by atoms with E-state index in [-0.39, 0.29) is 11.9 Å². The van der Waals surface area contributed by atoms with Gasteiger partial charge in [0.15, 0.2) is 0 Å². The maximum Gasteiger partial charge on any atom is 0.239 e. The number of carbonyl (C=O) groups is 1. The summed E-state index contributed by atoms with van der Waals surface area (Å²) in [6.45, 7) is 9.08. The Morgan fingerprint density at radius 3 is 2.53 bits per heavy atom. The number of nitrogens with zero attached hydrogens (tertiary/aromatic N) is 1. The first-order chi connectivity index (χ1) is 7.71. The van der Waals surface area contributed by atoms with E-state index < -0.39 is 5.54 Å². The fourth-order valence-corrected chi connectivity index (χ4v) is 1.56. The third kappa shape index (κ3) is 3.56. The van der Waals surface area contributed by atoms with Crippen LogP contribution in [0.4, 0.5) is 0 Å². The Bertz CT molecular complexity index is 385. The molecule has 1 atom stereocenters. The SMILES string of the molecule is Cc1noc(C)c1CC(C)NC(=O)C(C)(C)N. The molecule has 0 saturated heterocycles. The van der Waals surface area contributed by atoms with E-state index in [1.54, 1.807) is 13.8 Å². The van der Waals surface area contributed by atoms with Gasteiger partial charge in [-0.2, -0.15) is 0 Å². The molecule has 0 aromatic carbocycles. The van der Waals surface area contributed by atoms with Crippen LogP contribution < -0.4 is 11.1 Å². The van der Waals surface area contributed by atoms with Crippen LogP contribution in [-0.2, 0) is 11.2 Å². The van der Waals surface area contributed by atoms with Crippen molar-refractivity contribution in [1.82, 2.24) is 10.5 Å². The molecule has 17 heavy (non-hydrogen) atoms. The number of nitrogens with two attached hydrogens (primary N) is 1. The number of nitrogens with one attached hydrogen (secondary N) is 1. The van der Waals surface area contributed by atoms with Crippen molar-refractivity contribution in [2.24, 2.45) is 5.73 Å². The topological polar surface area (TPSA) is 81.2 Å². The molecule has 0 aliphatic carbocycles. The standard InChI is InChI=1S/C12H21N3O2/c1-7(14-11(16)12(4,5)13)6-10-8(2)15-17-9(10)3/h7H,6,13H2,1-5H3,(H,14,16). The molecule has 1 amide bonds. The lowest BCUT2D eigenvalue weighted by Gasteiger charge is -2.21. The number of hydrogen-bond donors (Lipinski definition) is 2. The summed E-state index contributed by atoms with van der Waals surface area (Å²) in [4.78, 5) is 11.7. The molecule has 0 fully saturated rings. The summed E-state index contributed by atoms with van der Waals surface area (Å²) in [5, 5.41) is 6.76. The van der Waals surface area contributed by atoms with E-state index in [0.717, 1.165) is 17.0 Å². The lowest BCUT2D eigenvalue weighted by molar-refractivity contribution is -0.125. The van der Waals surface area contributed by atoms with Gasteiger partial charge in [-0.1, -0.05) is 5.16 Å². The van der Waals surface area contributed by atoms with Gasteiger partial charge in [-0.05, 0) is 41.0 Å². The van der Waals surface area contributed by atoms with Crippen molar-refractivity contribution in [3.8, 4) is 0 Å². The molecule has 0 bridgehead atoms. The predicted molar refractivity (Wildman–Crippen MR) is 65.6 cm³/mol. The average molecular weight is 239 g/mol. The Balaban J connectivity index is 2.62. The van der Waals surface area contributed by atoms with Crippen LogP contribution in [0.3, 0.4) is 0 Å². The van der Waals surface area contributed by atoms with Crippen molar-refractivity contribution >= 4 is 5.91 Å². The molecular formula is C12H21N3O2. The number of carbonyl (C=O) groups excluding carboxylic acids is 1. The monoisotopic (exact) mass is 239 g/mol. The van der Waals surface area contributed by atoms with Gasteiger partial charge in [0.05, 0.1) is 11.2 Å². The molecule has 0 aliphatic rings. The maximum atomic E-state index is 11.7. The summed E-state index contributed by atoms with van der Waals surface area (Å²) in [7, 11) is 0. The van der Waals surface area contributed by atoms with Crippen LogP contribution in [0, 0.1) is 13.8 Å². The third-order valence-corrected chi connectivity index (χ3v) is 2.65. The van der Waals surface area contributed by atoms with E-state index in [1.165, 1.54) is 0 Å². The van der Waals surface area contributed by atoms with E-state index in [2.05, 4.69) is 10.5 Å². The van der Waals surface area contributed by atoms with Crippen LogP contribution in [0.5, 0.6) is 0 Å². The molecule has 1 rings (SSSR count). The number of aromatic nitrogens is 1. The Labute approximate surface area is 102 Å². The Kier molecular flexibility index (Phi) is 3.93. The molecule has 1 aromatic rings. The van der Waals surface area contributed by atoms with Gasteiger partial charge in [0.25, 0.3) is 0 Å². The van der Waals surface area contributed by atoms with Gasteiger partial charge < -0.3 is 15.6 Å². The molecule has 5 heteroatoms. The van der Waals surface area contributed by atoms with Crippen molar-refractivity contribution in [2.75, 3.05) is 0 Å². The molecule has 1 unspecified atom stereocenters. The van der Waals surface area contributed by atoms with Crippen molar-refractivity contribution in [3.63, 3.8) is 0 Å². The average Bonchev–Trinajstić information content (AvgIpc) is 2.48. The summed E-state index contributed by atoms with van der Waals surface area (Å²) >= 11 is 0. The molecule has 0 radical (unpaired) electrons. The normalized spacial score (nSPS) is 13.5. The van der Waals surface area contributed by atoms with E-state index >= 15 is 0 Å². The van der Waals surface area contributed by atoms with Crippen molar-refractivity contribution in [3.05, 3.63) is 17.0 Å². The summed E-state index contributed by atoms with van der Waals surface area (Å²) < 4.78 is 5.08. The fraction of sp³-hybridized carbons (Fsp3) is 0.667. The minimum atomic E-state index is -0.854. The van der Waals surface area contributed by atoms with Gasteiger partial charge in [-0.25, -0.2) is 0 Å². The van der Waals surface area contributed by atoms with Gasteiger partial charge in [-0.15, -0.1) is 0 Å². The second-order valence-electron chi connectivity index (χ2n) is 5.10. The molecule has 96 valence electrons. The van der Waals surface area contributed by atoms with Crippen molar-refractivity contribution in [2.45, 2.75) is 52.6 Å². The van der Waals surface area contributed by atoms with Gasteiger partial charge >= 0.3 is 0 Å². The van der Waals surface area contributed by atoms with E-state index in [9.17, 15) is 4.79 Å². The number of hydrogen-bond acceptors (Lipinski definition) is 4. The zero-order chi connectivity index (χ0) is 13.2. The van der Waals surface area contributed by atoms with Crippen LogP contribution in [0.25, 0.3) is 0 Å². The number of aryl methyl sites for hydroxylation is 2. The lowest BCUT2D eigenvalue weighted by Crippen LogP contribution is -2.51. The smallest absolute Gasteiger partial charge is 0.239 e. The zero-order valence-electron chi connectivity index (χ0n) is 11.1. The minimum Gasteiger partial charge on any atom is -0.361 e. The second-order valence-corrected chi connectivity index (χ2v) is 5.10. The van der Waals surface area contributed by atoms with Gasteiger partial charge in [0.2, 0.25) is 5.91 Å². The molecular weight excluding hydrogens is 218 g/mol. The summed E-state index contributed by atoms with van der Waals surface area (Å²) in [5.41, 5.74) is 6.78. The molecule has 0 aliphatic heterocycles. The summed E-state index contributed by atoms with van der Waals surface area (Å²) in [5.74, 6) is 0.646. The maximum absolute atomic E-state index is 11.7. The first-order valence-corrected chi connectivity index (χ1v) is 5.73. The number of rotatable bonds is 4. The summed E-state index contributed by atoms with van der Waals surface area (Å²) in [6.07, 6.45) is 0.697. The van der Waals surface area contributed by atoms with Crippen LogP contribution in [-0.4, -0.2) is 22.6 Å². The Hall–Kier alpha value is -1.36. The molecule has 1 heterocycles. The molecule has 1 aromatic heterocycles. The van der Waals surface area contributed by atoms with E-state index in [1.807, 2.05) is 20.8 Å². The van der Waals surface area contributed by atoms with Gasteiger partial charge in [0.1, 0.15) is 5.76 Å². The Morgan fingerprint density at radius 2 is 2.12 bits per heavy atom. The minimum absolute atomic E-state index is 0.00197. The highest BCUT2D eigenvalue weighted by Gasteiger charge is 2.24. The fourth-order valence-electron chi connectivity index (χ4n) is 1.56. The highest BCUT2D eigenvalue weighted by molar-refractivity contribution is 5.85. The van der Waals surface area contributed by atoms with Crippen LogP contribution in [0.15, 0.2) is 4.52 Å². The van der Waals surface area contributed by atoms with Crippen LogP contribution in [0.1, 0.15) is 37.8 Å². The molecule has 5 nitrogen and oxygen atoms in total. The lowest BCUT2D eigenvalue weighted by atomic mass is 10.0. The second kappa shape index (κ2) is 4.87. The molecule has 0 saturated carbocycles. The highest BCUT2D eigenvalue weighted by Crippen LogP contribution is 2.14. The quantitative estimate of drug-likeness (QED) is 0.823. The van der Waals surface area contributed by atoms with Gasteiger partial charge in [0, 0.05) is 11.6 Å². The van der Waals surface area contributed by atoms with Gasteiger partial charge in [-0.3, -0.25) is 4.79 Å². The summed E-state index contributed by atoms with van der Waals surface area (Å²) in [6, 6.07) is 0.00197. The third-order valence-electron chi connectivity index (χ3n) is 2.65. The molecule has 0 spiro atoms. The highest BCUT2D eigenvalue weighted by atomic mass is 16.5. The predicted octanol–water partition coefficient (Wildman–Crippen LogP) is 1.08. The Morgan fingerprint density at radius 1 is 1.53 bits per heavy atom. The number of amides is 1. The largest absolute Gasteiger partial charge is 0.361 e. The van der Waals surface area contributed by atoms with E-state index in [4.69, 9.17) is 10.3 Å². The first kappa shape index (κ1) is 13.7. The van der Waals surface area contributed by atoms with Crippen molar-refractivity contribution in [1.29, 1.82) is 0 Å². The van der Waals surface area contributed by atoms with Crippen LogP contribution in [0.2, 0.25) is 0 Å². The zero-order valence-corrected chi connectivity index (χ0v) is 11.1. The first-order valence-electron chi connectivity index (χ1n) is 5.73. The van der Waals surface area contributed by atoms with Crippen molar-refractivity contribution < 1.29 is 9.32 Å². The molecule has 3 N–H and O–H groups in total.